The Bertz CT molecular complexity index is 897. The highest BCUT2D eigenvalue weighted by molar-refractivity contribution is 5.96. The van der Waals surface area contributed by atoms with Gasteiger partial charge < -0.3 is 14.4 Å². The second-order valence-corrected chi connectivity index (χ2v) is 6.16. The summed E-state index contributed by atoms with van der Waals surface area (Å²) in [6.07, 6.45) is 1.61. The molecule has 0 unspecified atom stereocenters. The summed E-state index contributed by atoms with van der Waals surface area (Å²) in [5.41, 5.74) is 1.55. The topological polar surface area (TPSA) is 51.7 Å². The minimum atomic E-state index is -0.165. The van der Waals surface area contributed by atoms with Crippen LogP contribution in [0.15, 0.2) is 72.9 Å². The first-order valence-electron chi connectivity index (χ1n) is 8.76. The van der Waals surface area contributed by atoms with E-state index in [1.54, 1.807) is 30.3 Å². The van der Waals surface area contributed by atoms with Crippen molar-refractivity contribution in [3.05, 3.63) is 84.1 Å². The van der Waals surface area contributed by atoms with E-state index in [4.69, 9.17) is 9.47 Å². The largest absolute Gasteiger partial charge is 0.492 e. The summed E-state index contributed by atoms with van der Waals surface area (Å²) in [4.78, 5) is 18.6. The first kappa shape index (κ1) is 18.5. The predicted octanol–water partition coefficient (Wildman–Crippen LogP) is 4.33. The zero-order chi connectivity index (χ0) is 19.1. The second-order valence-electron chi connectivity index (χ2n) is 6.16. The number of aryl methyl sites for hydroxylation is 1. The van der Waals surface area contributed by atoms with Gasteiger partial charge in [0.25, 0.3) is 5.91 Å². The van der Waals surface area contributed by atoms with Crippen LogP contribution in [-0.4, -0.2) is 36.0 Å². The van der Waals surface area contributed by atoms with Gasteiger partial charge in [-0.1, -0.05) is 30.3 Å². The van der Waals surface area contributed by atoms with Crippen LogP contribution in [0.4, 0.5) is 0 Å². The molecule has 3 aromatic rings. The zero-order valence-corrected chi connectivity index (χ0v) is 15.5. The summed E-state index contributed by atoms with van der Waals surface area (Å²) in [7, 11) is 1.74. The van der Waals surface area contributed by atoms with Crippen molar-refractivity contribution in [1.82, 2.24) is 9.88 Å². The number of amides is 1. The van der Waals surface area contributed by atoms with Crippen LogP contribution in [0.3, 0.4) is 0 Å². The number of pyridine rings is 1. The number of rotatable bonds is 7. The maximum atomic E-state index is 12.8. The molecule has 0 fully saturated rings. The molecule has 0 N–H and O–H groups in total. The fourth-order valence-corrected chi connectivity index (χ4v) is 2.55. The van der Waals surface area contributed by atoms with Gasteiger partial charge in [-0.2, -0.15) is 0 Å². The number of hydrogen-bond donors (Lipinski definition) is 0. The van der Waals surface area contributed by atoms with Crippen molar-refractivity contribution in [2.24, 2.45) is 0 Å². The smallest absolute Gasteiger partial charge is 0.259 e. The van der Waals surface area contributed by atoms with Crippen molar-refractivity contribution >= 4 is 5.91 Å². The Morgan fingerprint density at radius 1 is 1.00 bits per heavy atom. The van der Waals surface area contributed by atoms with E-state index >= 15 is 0 Å². The number of likely N-dealkylation sites (N-methyl/N-ethyl adjacent to an activating group) is 1. The van der Waals surface area contributed by atoms with Gasteiger partial charge in [-0.25, -0.2) is 4.98 Å². The van der Waals surface area contributed by atoms with Crippen molar-refractivity contribution in [1.29, 1.82) is 0 Å². The number of aromatic nitrogens is 1. The third-order valence-electron chi connectivity index (χ3n) is 3.99. The van der Waals surface area contributed by atoms with Crippen molar-refractivity contribution < 1.29 is 14.3 Å². The van der Waals surface area contributed by atoms with Gasteiger partial charge in [-0.15, -0.1) is 0 Å². The number of carbonyl (C=O) groups excluding carboxylic acids is 1. The first-order valence-corrected chi connectivity index (χ1v) is 8.76. The Morgan fingerprint density at radius 2 is 1.78 bits per heavy atom. The third-order valence-corrected chi connectivity index (χ3v) is 3.99. The maximum absolute atomic E-state index is 12.8. The lowest BCUT2D eigenvalue weighted by Gasteiger charge is -2.19. The van der Waals surface area contributed by atoms with Crippen LogP contribution in [0.2, 0.25) is 0 Å². The minimum absolute atomic E-state index is 0.165. The Morgan fingerprint density at radius 3 is 2.56 bits per heavy atom. The molecule has 0 saturated heterocycles. The van der Waals surface area contributed by atoms with E-state index in [1.807, 2.05) is 61.5 Å². The van der Waals surface area contributed by atoms with Gasteiger partial charge in [0.05, 0.1) is 6.54 Å². The Labute approximate surface area is 159 Å². The van der Waals surface area contributed by atoms with Gasteiger partial charge in [-0.3, -0.25) is 4.79 Å². The number of nitrogens with zero attached hydrogens (tertiary/aromatic N) is 2. The minimum Gasteiger partial charge on any atom is -0.492 e. The Balaban J connectivity index is 1.63. The van der Waals surface area contributed by atoms with Crippen molar-refractivity contribution in [3.8, 4) is 17.4 Å². The molecule has 0 bridgehead atoms. The van der Waals surface area contributed by atoms with E-state index in [1.165, 1.54) is 0 Å². The normalized spacial score (nSPS) is 10.3. The molecule has 0 aliphatic rings. The van der Waals surface area contributed by atoms with Crippen LogP contribution in [0.5, 0.6) is 17.4 Å². The third kappa shape index (κ3) is 5.07. The molecule has 5 heteroatoms. The molecule has 1 amide bonds. The summed E-state index contributed by atoms with van der Waals surface area (Å²) >= 11 is 0. The van der Waals surface area contributed by atoms with Gasteiger partial charge in [0.2, 0.25) is 5.88 Å². The average Bonchev–Trinajstić information content (AvgIpc) is 2.69. The highest BCUT2D eigenvalue weighted by atomic mass is 16.5. The van der Waals surface area contributed by atoms with E-state index in [-0.39, 0.29) is 5.91 Å². The van der Waals surface area contributed by atoms with Gasteiger partial charge in [0.1, 0.15) is 23.7 Å². The van der Waals surface area contributed by atoms with Crippen LogP contribution < -0.4 is 9.47 Å². The SMILES string of the molecule is Cc1cccc(OCCN(C)C(=O)c2cccnc2Oc2ccccc2)c1. The molecule has 27 heavy (non-hydrogen) atoms. The molecule has 0 atom stereocenters. The van der Waals surface area contributed by atoms with Gasteiger partial charge in [0, 0.05) is 13.2 Å². The molecule has 2 aromatic carbocycles. The number of para-hydroxylation sites is 1. The van der Waals surface area contributed by atoms with Crippen molar-refractivity contribution in [2.75, 3.05) is 20.2 Å². The van der Waals surface area contributed by atoms with Gasteiger partial charge in [-0.05, 0) is 48.9 Å². The van der Waals surface area contributed by atoms with E-state index < -0.39 is 0 Å². The van der Waals surface area contributed by atoms with Crippen molar-refractivity contribution in [2.45, 2.75) is 6.92 Å². The molecule has 0 spiro atoms. The molecular weight excluding hydrogens is 340 g/mol. The zero-order valence-electron chi connectivity index (χ0n) is 15.5. The molecule has 3 rings (SSSR count). The standard InChI is InChI=1S/C22H22N2O3/c1-17-8-6-11-19(16-17)26-15-14-24(2)22(25)20-12-7-13-23-21(20)27-18-9-4-3-5-10-18/h3-13,16H,14-15H2,1-2H3. The number of carbonyl (C=O) groups is 1. The lowest BCUT2D eigenvalue weighted by atomic mass is 10.2. The fourth-order valence-electron chi connectivity index (χ4n) is 2.55. The van der Waals surface area contributed by atoms with E-state index in [9.17, 15) is 4.79 Å². The van der Waals surface area contributed by atoms with Crippen LogP contribution in [0, 0.1) is 6.92 Å². The lowest BCUT2D eigenvalue weighted by Crippen LogP contribution is -2.31. The first-order chi connectivity index (χ1) is 13.1. The monoisotopic (exact) mass is 362 g/mol. The summed E-state index contributed by atoms with van der Waals surface area (Å²) in [6.45, 7) is 2.87. The maximum Gasteiger partial charge on any atom is 0.259 e. The number of benzene rings is 2. The molecule has 1 heterocycles. The van der Waals surface area contributed by atoms with E-state index in [0.29, 0.717) is 30.3 Å². The van der Waals surface area contributed by atoms with Crippen LogP contribution in [-0.2, 0) is 0 Å². The lowest BCUT2D eigenvalue weighted by molar-refractivity contribution is 0.0770. The molecular formula is C22H22N2O3. The molecule has 5 nitrogen and oxygen atoms in total. The Kier molecular flexibility index (Phi) is 6.05. The molecule has 0 radical (unpaired) electrons. The number of hydrogen-bond acceptors (Lipinski definition) is 4. The highest BCUT2D eigenvalue weighted by Crippen LogP contribution is 2.23. The van der Waals surface area contributed by atoms with Crippen LogP contribution in [0.1, 0.15) is 15.9 Å². The molecule has 138 valence electrons. The van der Waals surface area contributed by atoms with Crippen molar-refractivity contribution in [3.63, 3.8) is 0 Å². The fraction of sp³-hybridized carbons (Fsp3) is 0.182. The van der Waals surface area contributed by atoms with E-state index in [0.717, 1.165) is 11.3 Å². The summed E-state index contributed by atoms with van der Waals surface area (Å²) in [6, 6.07) is 20.6. The number of ether oxygens (including phenoxy) is 2. The summed E-state index contributed by atoms with van der Waals surface area (Å²) in [5.74, 6) is 1.56. The Hall–Kier alpha value is -3.34. The van der Waals surface area contributed by atoms with Crippen LogP contribution >= 0.6 is 0 Å². The molecule has 1 aromatic heterocycles. The average molecular weight is 362 g/mol. The molecule has 0 aliphatic carbocycles. The molecule has 0 saturated carbocycles. The summed E-state index contributed by atoms with van der Waals surface area (Å²) in [5, 5.41) is 0. The van der Waals surface area contributed by atoms with Gasteiger partial charge in [0.15, 0.2) is 0 Å². The second kappa shape index (κ2) is 8.85. The predicted molar refractivity (Wildman–Crippen MR) is 104 cm³/mol. The van der Waals surface area contributed by atoms with Crippen LogP contribution in [0.25, 0.3) is 0 Å². The van der Waals surface area contributed by atoms with E-state index in [2.05, 4.69) is 4.98 Å². The molecule has 0 aliphatic heterocycles. The highest BCUT2D eigenvalue weighted by Gasteiger charge is 2.18. The summed E-state index contributed by atoms with van der Waals surface area (Å²) < 4.78 is 11.5. The van der Waals surface area contributed by atoms with Gasteiger partial charge >= 0.3 is 0 Å². The quantitative estimate of drug-likeness (QED) is 0.628.